The van der Waals surface area contributed by atoms with Crippen LogP contribution in [0.2, 0.25) is 0 Å². The zero-order chi connectivity index (χ0) is 14.2. The number of ether oxygens (including phenoxy) is 2. The maximum absolute atomic E-state index is 5.98. The summed E-state index contributed by atoms with van der Waals surface area (Å²) in [6.07, 6.45) is 2.21. The minimum atomic E-state index is 0.176. The first-order chi connectivity index (χ1) is 9.85. The first-order valence-corrected chi connectivity index (χ1v) is 7.46. The van der Waals surface area contributed by atoms with Gasteiger partial charge in [0.15, 0.2) is 0 Å². The summed E-state index contributed by atoms with van der Waals surface area (Å²) in [6, 6.07) is 8.61. The summed E-state index contributed by atoms with van der Waals surface area (Å²) in [4.78, 5) is 2.39. The molecule has 0 saturated carbocycles. The first-order valence-electron chi connectivity index (χ1n) is 7.46. The molecule has 0 aromatic heterocycles. The second-order valence-electron chi connectivity index (χ2n) is 5.24. The quantitative estimate of drug-likeness (QED) is 0.784. The Kier molecular flexibility index (Phi) is 6.47. The minimum Gasteiger partial charge on any atom is -0.383 e. The van der Waals surface area contributed by atoms with Gasteiger partial charge in [0.1, 0.15) is 0 Å². The monoisotopic (exact) mass is 278 g/mol. The van der Waals surface area contributed by atoms with E-state index in [0.717, 1.165) is 52.2 Å². The molecule has 1 atom stereocenters. The van der Waals surface area contributed by atoms with Crippen molar-refractivity contribution in [3.63, 3.8) is 0 Å². The number of rotatable bonds is 8. The summed E-state index contributed by atoms with van der Waals surface area (Å²) in [5.74, 6) is 0. The van der Waals surface area contributed by atoms with Gasteiger partial charge in [-0.3, -0.25) is 4.90 Å². The van der Waals surface area contributed by atoms with Crippen LogP contribution >= 0.6 is 0 Å². The molecule has 4 heteroatoms. The lowest BCUT2D eigenvalue weighted by Crippen LogP contribution is -2.35. The van der Waals surface area contributed by atoms with Crippen LogP contribution in [0, 0.1) is 0 Å². The highest BCUT2D eigenvalue weighted by molar-refractivity contribution is 5.31. The molecule has 0 fully saturated rings. The Bertz CT molecular complexity index is 390. The van der Waals surface area contributed by atoms with E-state index in [2.05, 4.69) is 29.2 Å². The van der Waals surface area contributed by atoms with Crippen molar-refractivity contribution in [3.05, 3.63) is 35.4 Å². The van der Waals surface area contributed by atoms with Crippen LogP contribution in [-0.2, 0) is 15.9 Å². The van der Waals surface area contributed by atoms with Crippen LogP contribution in [0.25, 0.3) is 0 Å². The Labute approximate surface area is 121 Å². The highest BCUT2D eigenvalue weighted by atomic mass is 16.5. The summed E-state index contributed by atoms with van der Waals surface area (Å²) in [6.45, 7) is 5.14. The molecule has 0 saturated heterocycles. The molecule has 0 amide bonds. The SMILES string of the molecule is COCCN(CCCN)CC1OCCc2ccccc21. The van der Waals surface area contributed by atoms with E-state index in [1.807, 2.05) is 0 Å². The number of hydrogen-bond donors (Lipinski definition) is 1. The van der Waals surface area contributed by atoms with Crippen molar-refractivity contribution >= 4 is 0 Å². The predicted octanol–water partition coefficient (Wildman–Crippen LogP) is 1.60. The van der Waals surface area contributed by atoms with Gasteiger partial charge in [0.05, 0.1) is 19.3 Å². The van der Waals surface area contributed by atoms with Crippen molar-refractivity contribution in [2.45, 2.75) is 18.9 Å². The average molecular weight is 278 g/mol. The van der Waals surface area contributed by atoms with Crippen LogP contribution in [0.4, 0.5) is 0 Å². The molecule has 1 heterocycles. The molecule has 4 nitrogen and oxygen atoms in total. The van der Waals surface area contributed by atoms with Crippen LogP contribution in [0.3, 0.4) is 0 Å². The Morgan fingerprint density at radius 3 is 3.00 bits per heavy atom. The second kappa shape index (κ2) is 8.37. The number of fused-ring (bicyclic) bond motifs is 1. The van der Waals surface area contributed by atoms with Gasteiger partial charge in [-0.15, -0.1) is 0 Å². The van der Waals surface area contributed by atoms with Crippen LogP contribution in [0.5, 0.6) is 0 Å². The minimum absolute atomic E-state index is 0.176. The van der Waals surface area contributed by atoms with Gasteiger partial charge >= 0.3 is 0 Å². The standard InChI is InChI=1S/C16H26N2O2/c1-19-12-10-18(9-4-8-17)13-16-15-6-3-2-5-14(15)7-11-20-16/h2-3,5-6,16H,4,7-13,17H2,1H3. The first kappa shape index (κ1) is 15.4. The number of methoxy groups -OCH3 is 1. The van der Waals surface area contributed by atoms with Gasteiger partial charge in [0, 0.05) is 20.2 Å². The van der Waals surface area contributed by atoms with Gasteiger partial charge in [0.2, 0.25) is 0 Å². The molecular formula is C16H26N2O2. The Balaban J connectivity index is 1.99. The molecular weight excluding hydrogens is 252 g/mol. The predicted molar refractivity (Wildman–Crippen MR) is 80.8 cm³/mol. The summed E-state index contributed by atoms with van der Waals surface area (Å²) in [5, 5.41) is 0. The lowest BCUT2D eigenvalue weighted by Gasteiger charge is -2.31. The molecule has 0 radical (unpaired) electrons. The molecule has 1 aliphatic rings. The van der Waals surface area contributed by atoms with E-state index < -0.39 is 0 Å². The highest BCUT2D eigenvalue weighted by Crippen LogP contribution is 2.27. The molecule has 1 aromatic rings. The Hall–Kier alpha value is -0.940. The van der Waals surface area contributed by atoms with Crippen LogP contribution in [0.1, 0.15) is 23.7 Å². The zero-order valence-corrected chi connectivity index (χ0v) is 12.4. The van der Waals surface area contributed by atoms with Crippen molar-refractivity contribution in [2.75, 3.05) is 46.5 Å². The summed E-state index contributed by atoms with van der Waals surface area (Å²) >= 11 is 0. The van der Waals surface area contributed by atoms with Crippen molar-refractivity contribution < 1.29 is 9.47 Å². The van der Waals surface area contributed by atoms with Crippen LogP contribution < -0.4 is 5.73 Å². The number of benzene rings is 1. The maximum Gasteiger partial charge on any atom is 0.0954 e. The second-order valence-corrected chi connectivity index (χ2v) is 5.24. The molecule has 112 valence electrons. The van der Waals surface area contributed by atoms with Crippen molar-refractivity contribution in [1.82, 2.24) is 4.90 Å². The molecule has 0 aliphatic carbocycles. The molecule has 2 N–H and O–H groups in total. The lowest BCUT2D eigenvalue weighted by atomic mass is 9.97. The number of nitrogens with zero attached hydrogens (tertiary/aromatic N) is 1. The van der Waals surface area contributed by atoms with E-state index in [0.29, 0.717) is 0 Å². The molecule has 1 aromatic carbocycles. The van der Waals surface area contributed by atoms with Crippen LogP contribution in [-0.4, -0.2) is 51.4 Å². The largest absolute Gasteiger partial charge is 0.383 e. The zero-order valence-electron chi connectivity index (χ0n) is 12.4. The molecule has 20 heavy (non-hydrogen) atoms. The van der Waals surface area contributed by atoms with E-state index in [1.165, 1.54) is 11.1 Å². The molecule has 1 unspecified atom stereocenters. The Morgan fingerprint density at radius 1 is 1.35 bits per heavy atom. The number of nitrogens with two attached hydrogens (primary N) is 1. The summed E-state index contributed by atoms with van der Waals surface area (Å²) in [7, 11) is 1.74. The number of hydrogen-bond acceptors (Lipinski definition) is 4. The van der Waals surface area contributed by atoms with Gasteiger partial charge in [0.25, 0.3) is 0 Å². The maximum atomic E-state index is 5.98. The van der Waals surface area contributed by atoms with Crippen molar-refractivity contribution in [1.29, 1.82) is 0 Å². The van der Waals surface area contributed by atoms with Crippen molar-refractivity contribution in [2.24, 2.45) is 5.73 Å². The van der Waals surface area contributed by atoms with E-state index in [9.17, 15) is 0 Å². The van der Waals surface area contributed by atoms with Crippen LogP contribution in [0.15, 0.2) is 24.3 Å². The lowest BCUT2D eigenvalue weighted by molar-refractivity contribution is 0.0109. The molecule has 0 bridgehead atoms. The molecule has 1 aliphatic heterocycles. The van der Waals surface area contributed by atoms with E-state index in [4.69, 9.17) is 15.2 Å². The smallest absolute Gasteiger partial charge is 0.0954 e. The summed E-state index contributed by atoms with van der Waals surface area (Å²) < 4.78 is 11.2. The van der Waals surface area contributed by atoms with Gasteiger partial charge < -0.3 is 15.2 Å². The Morgan fingerprint density at radius 2 is 2.20 bits per heavy atom. The van der Waals surface area contributed by atoms with E-state index >= 15 is 0 Å². The van der Waals surface area contributed by atoms with E-state index in [1.54, 1.807) is 7.11 Å². The fourth-order valence-corrected chi connectivity index (χ4v) is 2.69. The van der Waals surface area contributed by atoms with Crippen molar-refractivity contribution in [3.8, 4) is 0 Å². The third kappa shape index (κ3) is 4.28. The van der Waals surface area contributed by atoms with Gasteiger partial charge in [-0.25, -0.2) is 0 Å². The van der Waals surface area contributed by atoms with Gasteiger partial charge in [-0.2, -0.15) is 0 Å². The average Bonchev–Trinajstić information content (AvgIpc) is 2.50. The summed E-state index contributed by atoms with van der Waals surface area (Å²) in [5.41, 5.74) is 8.39. The third-order valence-electron chi connectivity index (χ3n) is 3.81. The normalized spacial score (nSPS) is 18.2. The van der Waals surface area contributed by atoms with Gasteiger partial charge in [-0.1, -0.05) is 24.3 Å². The van der Waals surface area contributed by atoms with E-state index in [-0.39, 0.29) is 6.10 Å². The fourth-order valence-electron chi connectivity index (χ4n) is 2.69. The molecule has 2 rings (SSSR count). The third-order valence-corrected chi connectivity index (χ3v) is 3.81. The highest BCUT2D eigenvalue weighted by Gasteiger charge is 2.22. The van der Waals surface area contributed by atoms with Gasteiger partial charge in [-0.05, 0) is 37.1 Å². The fraction of sp³-hybridized carbons (Fsp3) is 0.625. The molecule has 0 spiro atoms. The topological polar surface area (TPSA) is 47.7 Å².